The van der Waals surface area contributed by atoms with E-state index in [1.807, 2.05) is 17.0 Å². The number of amides is 1. The molecule has 0 saturated carbocycles. The van der Waals surface area contributed by atoms with Crippen LogP contribution >= 0.6 is 0 Å². The summed E-state index contributed by atoms with van der Waals surface area (Å²) in [6.07, 6.45) is 8.24. The van der Waals surface area contributed by atoms with Crippen LogP contribution in [0.1, 0.15) is 31.2 Å². The number of aryl methyl sites for hydroxylation is 1. The summed E-state index contributed by atoms with van der Waals surface area (Å²) in [5, 5.41) is 0. The van der Waals surface area contributed by atoms with Gasteiger partial charge in [-0.3, -0.25) is 9.78 Å². The van der Waals surface area contributed by atoms with Gasteiger partial charge >= 0.3 is 0 Å². The number of nitrogens with two attached hydrogens (primary N) is 1. The third-order valence-corrected chi connectivity index (χ3v) is 3.60. The summed E-state index contributed by atoms with van der Waals surface area (Å²) < 4.78 is 0. The van der Waals surface area contributed by atoms with Gasteiger partial charge < -0.3 is 10.6 Å². The van der Waals surface area contributed by atoms with E-state index in [2.05, 4.69) is 4.98 Å². The third-order valence-electron chi connectivity index (χ3n) is 3.60. The first-order chi connectivity index (χ1) is 8.81. The van der Waals surface area contributed by atoms with Crippen LogP contribution in [0.5, 0.6) is 0 Å². The predicted octanol–water partition coefficient (Wildman–Crippen LogP) is 1.35. The van der Waals surface area contributed by atoms with E-state index >= 15 is 0 Å². The lowest BCUT2D eigenvalue weighted by molar-refractivity contribution is -0.134. The van der Waals surface area contributed by atoms with Crippen molar-refractivity contribution >= 4 is 5.91 Å². The molecular formula is C14H21N3O. The molecule has 1 aromatic rings. The number of aromatic nitrogens is 1. The summed E-state index contributed by atoms with van der Waals surface area (Å²) in [7, 11) is 0. The Balaban J connectivity index is 1.87. The summed E-state index contributed by atoms with van der Waals surface area (Å²) >= 11 is 0. The van der Waals surface area contributed by atoms with Crippen molar-refractivity contribution in [3.05, 3.63) is 30.1 Å². The van der Waals surface area contributed by atoms with Gasteiger partial charge in [0.25, 0.3) is 0 Å². The van der Waals surface area contributed by atoms with Crippen LogP contribution in [0.25, 0.3) is 0 Å². The minimum atomic E-state index is 0.238. The lowest BCUT2D eigenvalue weighted by Gasteiger charge is -2.35. The van der Waals surface area contributed by atoms with Crippen LogP contribution in [-0.2, 0) is 11.2 Å². The molecule has 1 fully saturated rings. The van der Waals surface area contributed by atoms with Crippen molar-refractivity contribution in [2.24, 2.45) is 5.73 Å². The van der Waals surface area contributed by atoms with E-state index in [1.165, 1.54) is 12.0 Å². The smallest absolute Gasteiger partial charge is 0.223 e. The molecule has 4 heteroatoms. The van der Waals surface area contributed by atoms with Gasteiger partial charge in [-0.1, -0.05) is 0 Å². The maximum Gasteiger partial charge on any atom is 0.223 e. The second-order valence-electron chi connectivity index (χ2n) is 4.83. The molecule has 2 rings (SSSR count). The number of pyridine rings is 1. The molecule has 0 aromatic carbocycles. The third kappa shape index (κ3) is 3.29. The fourth-order valence-electron chi connectivity index (χ4n) is 2.52. The van der Waals surface area contributed by atoms with Crippen molar-refractivity contribution in [2.45, 2.75) is 38.1 Å². The first-order valence-corrected chi connectivity index (χ1v) is 6.69. The van der Waals surface area contributed by atoms with Crippen LogP contribution in [0.3, 0.4) is 0 Å². The normalized spacial score (nSPS) is 19.8. The Hall–Kier alpha value is -1.42. The lowest BCUT2D eigenvalue weighted by Crippen LogP contribution is -2.47. The Morgan fingerprint density at radius 3 is 2.89 bits per heavy atom. The fraction of sp³-hybridized carbons (Fsp3) is 0.571. The van der Waals surface area contributed by atoms with Crippen molar-refractivity contribution in [3.8, 4) is 0 Å². The molecule has 0 radical (unpaired) electrons. The molecule has 0 aliphatic carbocycles. The van der Waals surface area contributed by atoms with Gasteiger partial charge in [0.2, 0.25) is 5.91 Å². The van der Waals surface area contributed by atoms with E-state index in [0.717, 1.165) is 25.8 Å². The fourth-order valence-corrected chi connectivity index (χ4v) is 2.52. The highest BCUT2D eigenvalue weighted by Crippen LogP contribution is 2.17. The zero-order valence-corrected chi connectivity index (χ0v) is 10.7. The Bertz CT molecular complexity index is 380. The molecule has 1 aromatic heterocycles. The number of carbonyl (C=O) groups is 1. The molecule has 98 valence electrons. The number of carbonyl (C=O) groups excluding carboxylic acids is 1. The number of piperidine rings is 1. The highest BCUT2D eigenvalue weighted by molar-refractivity contribution is 5.77. The molecule has 4 nitrogen and oxygen atoms in total. The summed E-state index contributed by atoms with van der Waals surface area (Å²) in [5.74, 6) is 0.238. The minimum absolute atomic E-state index is 0.238. The van der Waals surface area contributed by atoms with Gasteiger partial charge in [-0.15, -0.1) is 0 Å². The summed E-state index contributed by atoms with van der Waals surface area (Å²) in [6.45, 7) is 1.46. The Labute approximate surface area is 108 Å². The first kappa shape index (κ1) is 13.0. The molecular weight excluding hydrogens is 226 g/mol. The average molecular weight is 247 g/mol. The highest BCUT2D eigenvalue weighted by Gasteiger charge is 2.24. The molecule has 1 amide bonds. The number of nitrogens with zero attached hydrogens (tertiary/aromatic N) is 2. The average Bonchev–Trinajstić information content (AvgIpc) is 2.45. The summed E-state index contributed by atoms with van der Waals surface area (Å²) in [5.41, 5.74) is 6.90. The van der Waals surface area contributed by atoms with E-state index in [1.54, 1.807) is 12.4 Å². The van der Waals surface area contributed by atoms with Crippen molar-refractivity contribution in [3.63, 3.8) is 0 Å². The van der Waals surface area contributed by atoms with E-state index in [9.17, 15) is 4.79 Å². The van der Waals surface area contributed by atoms with Crippen LogP contribution in [0.15, 0.2) is 24.5 Å². The van der Waals surface area contributed by atoms with Crippen LogP contribution < -0.4 is 5.73 Å². The molecule has 1 aliphatic rings. The van der Waals surface area contributed by atoms with Gasteiger partial charge in [0.15, 0.2) is 0 Å². The van der Waals surface area contributed by atoms with E-state index < -0.39 is 0 Å². The van der Waals surface area contributed by atoms with Gasteiger partial charge in [-0.2, -0.15) is 0 Å². The number of likely N-dealkylation sites (tertiary alicyclic amines) is 1. The maximum atomic E-state index is 12.2. The monoisotopic (exact) mass is 247 g/mol. The second-order valence-corrected chi connectivity index (χ2v) is 4.83. The Kier molecular flexibility index (Phi) is 4.70. The maximum absolute atomic E-state index is 12.2. The van der Waals surface area contributed by atoms with Gasteiger partial charge in [0.1, 0.15) is 0 Å². The van der Waals surface area contributed by atoms with E-state index in [-0.39, 0.29) is 11.9 Å². The molecule has 0 spiro atoms. The molecule has 2 N–H and O–H groups in total. The Morgan fingerprint density at radius 1 is 1.39 bits per heavy atom. The molecule has 0 bridgehead atoms. The topological polar surface area (TPSA) is 59.2 Å². The first-order valence-electron chi connectivity index (χ1n) is 6.69. The summed E-state index contributed by atoms with van der Waals surface area (Å²) in [4.78, 5) is 18.1. The van der Waals surface area contributed by atoms with Gasteiger partial charge in [-0.25, -0.2) is 0 Å². The standard InChI is InChI=1S/C14H21N3O/c15-11-13-3-1-2-10-17(13)14(18)5-4-12-6-8-16-9-7-12/h6-9,13H,1-5,10-11,15H2/t13-/m0/s1. The predicted molar refractivity (Wildman–Crippen MR) is 71.0 cm³/mol. The second kappa shape index (κ2) is 6.50. The van der Waals surface area contributed by atoms with Gasteiger partial charge in [0, 0.05) is 37.9 Å². The number of hydrogen-bond donors (Lipinski definition) is 1. The van der Waals surface area contributed by atoms with Crippen LogP contribution in [0.2, 0.25) is 0 Å². The van der Waals surface area contributed by atoms with Crippen LogP contribution in [0.4, 0.5) is 0 Å². The molecule has 1 atom stereocenters. The lowest BCUT2D eigenvalue weighted by atomic mass is 10.0. The minimum Gasteiger partial charge on any atom is -0.338 e. The SMILES string of the molecule is NC[C@@H]1CCCCN1C(=O)CCc1ccncc1. The Morgan fingerprint density at radius 2 is 2.17 bits per heavy atom. The van der Waals surface area contributed by atoms with Crippen LogP contribution in [0, 0.1) is 0 Å². The van der Waals surface area contributed by atoms with Crippen molar-refractivity contribution in [1.82, 2.24) is 9.88 Å². The van der Waals surface area contributed by atoms with Gasteiger partial charge in [-0.05, 0) is 43.4 Å². The van der Waals surface area contributed by atoms with Crippen molar-refractivity contribution in [1.29, 1.82) is 0 Å². The molecule has 2 heterocycles. The highest BCUT2D eigenvalue weighted by atomic mass is 16.2. The molecule has 18 heavy (non-hydrogen) atoms. The molecule has 1 saturated heterocycles. The van der Waals surface area contributed by atoms with E-state index in [4.69, 9.17) is 5.73 Å². The largest absolute Gasteiger partial charge is 0.338 e. The quantitative estimate of drug-likeness (QED) is 0.873. The molecule has 0 unspecified atom stereocenters. The number of rotatable bonds is 4. The van der Waals surface area contributed by atoms with Gasteiger partial charge in [0.05, 0.1) is 0 Å². The summed E-state index contributed by atoms with van der Waals surface area (Å²) in [6, 6.07) is 4.18. The van der Waals surface area contributed by atoms with Crippen molar-refractivity contribution in [2.75, 3.05) is 13.1 Å². The number of hydrogen-bond acceptors (Lipinski definition) is 3. The van der Waals surface area contributed by atoms with Crippen molar-refractivity contribution < 1.29 is 4.79 Å². The zero-order valence-electron chi connectivity index (χ0n) is 10.7. The zero-order chi connectivity index (χ0) is 12.8. The molecule has 1 aliphatic heterocycles. The van der Waals surface area contributed by atoms with Crippen LogP contribution in [-0.4, -0.2) is 34.9 Å². The van der Waals surface area contributed by atoms with E-state index in [0.29, 0.717) is 13.0 Å².